The van der Waals surface area contributed by atoms with Crippen LogP contribution >= 0.6 is 11.7 Å². The highest BCUT2D eigenvalue weighted by Gasteiger charge is 2.19. The lowest BCUT2D eigenvalue weighted by Gasteiger charge is -2.04. The number of Topliss-reactive ketones (excluding diaryl/α,β-unsaturated/α-hetero) is 1. The molecule has 1 N–H and O–H groups in total. The van der Waals surface area contributed by atoms with Crippen LogP contribution < -0.4 is 0 Å². The zero-order valence-corrected chi connectivity index (χ0v) is 11.8. The Balaban J connectivity index is 2.03. The van der Waals surface area contributed by atoms with Gasteiger partial charge in [-0.15, -0.1) is 0 Å². The van der Waals surface area contributed by atoms with Crippen molar-refractivity contribution in [3.05, 3.63) is 53.3 Å². The standard InChI is InChI=1S/C14H10N4O2S/c1-8-3-2-4-11(15-8)14(19)13(16-20)9-5-6-10-12(7-9)18-21-17-10/h2-7,20H,1H3. The van der Waals surface area contributed by atoms with E-state index >= 15 is 0 Å². The molecule has 21 heavy (non-hydrogen) atoms. The van der Waals surface area contributed by atoms with Crippen molar-refractivity contribution < 1.29 is 10.0 Å². The molecule has 0 aliphatic heterocycles. The fourth-order valence-corrected chi connectivity index (χ4v) is 2.47. The van der Waals surface area contributed by atoms with Crippen molar-refractivity contribution in [3.63, 3.8) is 0 Å². The third-order valence-corrected chi connectivity index (χ3v) is 3.52. The number of oxime groups is 1. The summed E-state index contributed by atoms with van der Waals surface area (Å²) in [6, 6.07) is 10.2. The average molecular weight is 298 g/mol. The highest BCUT2D eigenvalue weighted by molar-refractivity contribution is 7.00. The first-order valence-corrected chi connectivity index (χ1v) is 6.85. The number of hydrogen-bond acceptors (Lipinski definition) is 7. The molecular formula is C14H10N4O2S. The van der Waals surface area contributed by atoms with Gasteiger partial charge >= 0.3 is 0 Å². The molecule has 0 amide bonds. The molecular weight excluding hydrogens is 288 g/mol. The maximum atomic E-state index is 12.4. The number of hydrogen-bond donors (Lipinski definition) is 1. The van der Waals surface area contributed by atoms with Crippen LogP contribution in [0.15, 0.2) is 41.6 Å². The van der Waals surface area contributed by atoms with Crippen molar-refractivity contribution in [1.82, 2.24) is 13.7 Å². The van der Waals surface area contributed by atoms with Crippen molar-refractivity contribution in [2.24, 2.45) is 5.16 Å². The summed E-state index contributed by atoms with van der Waals surface area (Å²) in [6.45, 7) is 1.79. The first-order chi connectivity index (χ1) is 10.2. The highest BCUT2D eigenvalue weighted by atomic mass is 32.1. The molecule has 0 saturated heterocycles. The molecule has 1 aromatic carbocycles. The third-order valence-electron chi connectivity index (χ3n) is 2.96. The van der Waals surface area contributed by atoms with E-state index in [4.69, 9.17) is 0 Å². The Morgan fingerprint density at radius 1 is 1.19 bits per heavy atom. The van der Waals surface area contributed by atoms with E-state index in [-0.39, 0.29) is 11.4 Å². The lowest BCUT2D eigenvalue weighted by molar-refractivity contribution is 0.105. The molecule has 0 aliphatic rings. The van der Waals surface area contributed by atoms with Crippen LogP contribution in [0.5, 0.6) is 0 Å². The molecule has 0 bridgehead atoms. The molecule has 0 fully saturated rings. The second-order valence-electron chi connectivity index (χ2n) is 4.41. The molecule has 3 aromatic rings. The quantitative estimate of drug-likeness (QED) is 0.347. The van der Waals surface area contributed by atoms with E-state index in [2.05, 4.69) is 18.9 Å². The van der Waals surface area contributed by atoms with Gasteiger partial charge in [-0.1, -0.05) is 17.3 Å². The van der Waals surface area contributed by atoms with E-state index in [1.54, 1.807) is 43.3 Å². The van der Waals surface area contributed by atoms with Crippen molar-refractivity contribution >= 4 is 34.3 Å². The normalized spacial score (nSPS) is 11.8. The predicted molar refractivity (Wildman–Crippen MR) is 79.0 cm³/mol. The largest absolute Gasteiger partial charge is 0.410 e. The van der Waals surface area contributed by atoms with Gasteiger partial charge in [-0.2, -0.15) is 8.75 Å². The summed E-state index contributed by atoms with van der Waals surface area (Å²) in [6.07, 6.45) is 0. The second kappa shape index (κ2) is 5.37. The molecule has 7 heteroatoms. The van der Waals surface area contributed by atoms with E-state index in [1.165, 1.54) is 0 Å². The Hall–Kier alpha value is -2.67. The second-order valence-corrected chi connectivity index (χ2v) is 4.94. The Morgan fingerprint density at radius 3 is 2.76 bits per heavy atom. The molecule has 3 rings (SSSR count). The molecule has 104 valence electrons. The average Bonchev–Trinajstić information content (AvgIpc) is 2.95. The highest BCUT2D eigenvalue weighted by Crippen LogP contribution is 2.16. The molecule has 0 radical (unpaired) electrons. The van der Waals surface area contributed by atoms with Crippen LogP contribution in [-0.2, 0) is 0 Å². The number of rotatable bonds is 3. The summed E-state index contributed by atoms with van der Waals surface area (Å²) in [7, 11) is 0. The van der Waals surface area contributed by atoms with Gasteiger partial charge in [0.15, 0.2) is 5.71 Å². The van der Waals surface area contributed by atoms with Gasteiger partial charge in [0.05, 0.1) is 11.7 Å². The van der Waals surface area contributed by atoms with Crippen LogP contribution in [0, 0.1) is 6.92 Å². The molecule has 0 unspecified atom stereocenters. The molecule has 6 nitrogen and oxygen atoms in total. The maximum Gasteiger partial charge on any atom is 0.233 e. The number of pyridine rings is 1. The fourth-order valence-electron chi connectivity index (χ4n) is 1.95. The molecule has 0 saturated carbocycles. The van der Waals surface area contributed by atoms with Gasteiger partial charge in [0.25, 0.3) is 0 Å². The third kappa shape index (κ3) is 2.50. The molecule has 0 aliphatic carbocycles. The lowest BCUT2D eigenvalue weighted by Crippen LogP contribution is -2.17. The zero-order chi connectivity index (χ0) is 14.8. The summed E-state index contributed by atoms with van der Waals surface area (Å²) in [5, 5.41) is 12.3. The fraction of sp³-hybridized carbons (Fsp3) is 0.0714. The predicted octanol–water partition coefficient (Wildman–Crippen LogP) is 2.46. The Bertz CT molecular complexity index is 857. The molecule has 2 aromatic heterocycles. The molecule has 0 spiro atoms. The number of ketones is 1. The van der Waals surface area contributed by atoms with Crippen LogP contribution in [0.2, 0.25) is 0 Å². The summed E-state index contributed by atoms with van der Waals surface area (Å²) in [5.74, 6) is -0.441. The van der Waals surface area contributed by atoms with Gasteiger partial charge in [0.2, 0.25) is 5.78 Å². The first kappa shape index (κ1) is 13.3. The van der Waals surface area contributed by atoms with Crippen molar-refractivity contribution in [3.8, 4) is 0 Å². The minimum Gasteiger partial charge on any atom is -0.410 e. The monoisotopic (exact) mass is 298 g/mol. The van der Waals surface area contributed by atoms with Crippen molar-refractivity contribution in [2.45, 2.75) is 6.92 Å². The molecule has 0 atom stereocenters. The topological polar surface area (TPSA) is 88.3 Å². The van der Waals surface area contributed by atoms with Crippen molar-refractivity contribution in [2.75, 3.05) is 0 Å². The smallest absolute Gasteiger partial charge is 0.233 e. The van der Waals surface area contributed by atoms with Crippen LogP contribution in [-0.4, -0.2) is 30.4 Å². The summed E-state index contributed by atoms with van der Waals surface area (Å²) in [5.41, 5.74) is 2.76. The van der Waals surface area contributed by atoms with Gasteiger partial charge in [-0.3, -0.25) is 4.79 Å². The van der Waals surface area contributed by atoms with Crippen LogP contribution in [0.1, 0.15) is 21.7 Å². The minimum absolute atomic E-state index is 0.0667. The number of carbonyl (C=O) groups is 1. The first-order valence-electron chi connectivity index (χ1n) is 6.12. The Morgan fingerprint density at radius 2 is 2.00 bits per heavy atom. The lowest BCUT2D eigenvalue weighted by atomic mass is 10.0. The zero-order valence-electron chi connectivity index (χ0n) is 11.0. The number of benzene rings is 1. The number of nitrogens with zero attached hydrogens (tertiary/aromatic N) is 4. The van der Waals surface area contributed by atoms with E-state index in [1.807, 2.05) is 0 Å². The number of aromatic nitrogens is 3. The van der Waals surface area contributed by atoms with Crippen LogP contribution in [0.3, 0.4) is 0 Å². The number of carbonyl (C=O) groups excluding carboxylic acids is 1. The summed E-state index contributed by atoms with van der Waals surface area (Å²) >= 11 is 1.09. The maximum absolute atomic E-state index is 12.4. The van der Waals surface area contributed by atoms with E-state index in [9.17, 15) is 10.0 Å². The molecule has 2 heterocycles. The number of fused-ring (bicyclic) bond motifs is 1. The Kier molecular flexibility index (Phi) is 3.41. The van der Waals surface area contributed by atoms with E-state index in [0.717, 1.165) is 22.9 Å². The van der Waals surface area contributed by atoms with Gasteiger partial charge in [-0.05, 0) is 31.2 Å². The van der Waals surface area contributed by atoms with Crippen LogP contribution in [0.4, 0.5) is 0 Å². The van der Waals surface area contributed by atoms with Gasteiger partial charge < -0.3 is 5.21 Å². The SMILES string of the molecule is Cc1cccc(C(=O)C(=NO)c2ccc3nsnc3c2)n1. The van der Waals surface area contributed by atoms with Gasteiger partial charge in [-0.25, -0.2) is 4.98 Å². The summed E-state index contributed by atoms with van der Waals surface area (Å²) in [4.78, 5) is 16.6. The minimum atomic E-state index is -0.441. The van der Waals surface area contributed by atoms with Crippen molar-refractivity contribution in [1.29, 1.82) is 0 Å². The Labute approximate surface area is 124 Å². The van der Waals surface area contributed by atoms with E-state index < -0.39 is 5.78 Å². The summed E-state index contributed by atoms with van der Waals surface area (Å²) < 4.78 is 8.20. The van der Waals surface area contributed by atoms with Gasteiger partial charge in [0.1, 0.15) is 16.7 Å². The van der Waals surface area contributed by atoms with E-state index in [0.29, 0.717) is 11.1 Å². The van der Waals surface area contributed by atoms with Crippen LogP contribution in [0.25, 0.3) is 11.0 Å². The number of aryl methyl sites for hydroxylation is 1. The van der Waals surface area contributed by atoms with Gasteiger partial charge in [0, 0.05) is 11.3 Å².